The highest BCUT2D eigenvalue weighted by atomic mass is 32.1. The number of aryl methyl sites for hydroxylation is 7. The molecule has 21 aromatic rings. The van der Waals surface area contributed by atoms with Gasteiger partial charge in [-0.25, -0.2) is 45.7 Å². The molecule has 0 atom stereocenters. The highest BCUT2D eigenvalue weighted by Crippen LogP contribution is 2.44. The lowest BCUT2D eigenvalue weighted by Gasteiger charge is -2.03. The summed E-state index contributed by atoms with van der Waals surface area (Å²) in [5.74, 6) is 4.86. The zero-order valence-electron chi connectivity index (χ0n) is 68.0. The average molecular weight is 1440 g/mol. The molecule has 0 aliphatic carbocycles. The summed E-state index contributed by atoms with van der Waals surface area (Å²) in [6.45, 7) is -3.46. The summed E-state index contributed by atoms with van der Waals surface area (Å²) in [5, 5.41) is 5.60. The van der Waals surface area contributed by atoms with E-state index < -0.39 is 20.9 Å². The lowest BCUT2D eigenvalue weighted by molar-refractivity contribution is -0.640. The van der Waals surface area contributed by atoms with Crippen LogP contribution in [0.2, 0.25) is 0 Å². The molecule has 0 spiro atoms. The quantitative estimate of drug-likeness (QED) is 0.150. The van der Waals surface area contributed by atoms with Crippen molar-refractivity contribution < 1.29 is 39.6 Å². The van der Waals surface area contributed by atoms with E-state index in [4.69, 9.17) is 16.8 Å². The second-order valence-electron chi connectivity index (χ2n) is 28.2. The third-order valence-corrected chi connectivity index (χ3v) is 23.8. The van der Waals surface area contributed by atoms with Crippen molar-refractivity contribution in [3.8, 4) is 62.6 Å². The second-order valence-corrected chi connectivity index (χ2v) is 29.2. The van der Waals surface area contributed by atoms with Gasteiger partial charge in [-0.3, -0.25) is 34.1 Å². The number of rotatable bonds is 1. The molecule has 108 heavy (non-hydrogen) atoms. The van der Waals surface area contributed by atoms with Crippen LogP contribution in [0.5, 0.6) is 0 Å². The highest BCUT2D eigenvalue weighted by Gasteiger charge is 2.41. The van der Waals surface area contributed by atoms with E-state index in [2.05, 4.69) is 198 Å². The third-order valence-electron chi connectivity index (χ3n) is 22.6. The Hall–Kier alpha value is -13.5. The number of hydrogen-bond donors (Lipinski definition) is 0. The van der Waals surface area contributed by atoms with Crippen LogP contribution >= 0.6 is 11.3 Å². The predicted molar refractivity (Wildman–Crippen MR) is 422 cm³/mol. The Balaban J connectivity index is 0.0000000889. The molecule has 20 heteroatoms. The molecule has 0 saturated heterocycles. The van der Waals surface area contributed by atoms with Crippen molar-refractivity contribution in [1.82, 2.24) is 61.5 Å². The van der Waals surface area contributed by atoms with E-state index in [1.54, 1.807) is 36.9 Å². The first-order valence-corrected chi connectivity index (χ1v) is 36.7. The number of benzene rings is 6. The van der Waals surface area contributed by atoms with Gasteiger partial charge in [0, 0.05) is 99.9 Å². The number of hydrogen-bond acceptors (Lipinski definition) is 7. The van der Waals surface area contributed by atoms with Crippen molar-refractivity contribution in [3.63, 3.8) is 0 Å². The maximum absolute atomic E-state index is 8.12. The summed E-state index contributed by atoms with van der Waals surface area (Å²) < 4.78 is 106. The van der Waals surface area contributed by atoms with Crippen molar-refractivity contribution in [1.29, 1.82) is 0 Å². The fraction of sp³-hybridized carbons (Fsp3) is 0.136. The molecular formula is C88H71N18OS+5. The monoisotopic (exact) mass is 1440 g/mol. The number of fused-ring (bicyclic) bond motifs is 35. The predicted octanol–water partition coefficient (Wildman–Crippen LogP) is 14.3. The molecule has 20 heterocycles. The van der Waals surface area contributed by atoms with E-state index in [0.29, 0.717) is 46.7 Å². The van der Waals surface area contributed by atoms with Crippen LogP contribution in [0.1, 0.15) is 40.2 Å². The summed E-state index contributed by atoms with van der Waals surface area (Å²) in [6.07, 6.45) is 18.4. The van der Waals surface area contributed by atoms with Gasteiger partial charge in [-0.1, -0.05) is 90.2 Å². The summed E-state index contributed by atoms with van der Waals surface area (Å²) in [4.78, 5) is 22.6. The summed E-state index contributed by atoms with van der Waals surface area (Å²) in [6, 6.07) is 61.5. The molecular weight excluding hydrogens is 1360 g/mol. The van der Waals surface area contributed by atoms with Crippen LogP contribution < -0.4 is 22.8 Å². The van der Waals surface area contributed by atoms with Gasteiger partial charge in [-0.15, -0.1) is 0 Å². The normalized spacial score (nSPS) is 14.5. The van der Waals surface area contributed by atoms with Gasteiger partial charge in [-0.05, 0) is 103 Å². The number of pyridine rings is 5. The van der Waals surface area contributed by atoms with Crippen LogP contribution in [0.3, 0.4) is 0 Å². The van der Waals surface area contributed by atoms with Crippen LogP contribution in [0.4, 0.5) is 0 Å². The number of thiophene rings is 1. The number of aromatic nitrogens is 18. The minimum absolute atomic E-state index is 0.181. The lowest BCUT2D eigenvalue weighted by Crippen LogP contribution is -2.31. The Kier molecular flexibility index (Phi) is 11.5. The van der Waals surface area contributed by atoms with Crippen molar-refractivity contribution in [2.24, 2.45) is 49.1 Å². The molecule has 15 aromatic heterocycles. The molecule has 19 nitrogen and oxygen atoms in total. The standard InChI is InChI=1S/C22H17N4.2C17H15N4.C16H12N3O.C16H12N3S/c1-24-21-18-13-23-12-11-15(18)14-25(21)20-17-9-5-6-10-19(17)26(22(20)24)16-7-3-2-4-8-16;2*1-19-14-6-4-3-5-12(14)15-17(19)20(2)16-13-9-18-8-7-11(13)10-21(15)16;2*1-18-15-12-8-17-7-6-10(12)9-19(15)14-11-4-2-3-5-13(11)20-16(14)18/h2-13H,14H2,1H3;2*3-9H,10H2,1-2H3;2*2-8H,9H2,1H3/q5*+1/i;1D3,2D3;2D3;;. The van der Waals surface area contributed by atoms with E-state index in [1.807, 2.05) is 119 Å². The van der Waals surface area contributed by atoms with Crippen molar-refractivity contribution in [2.75, 3.05) is 0 Å². The summed E-state index contributed by atoms with van der Waals surface area (Å²) in [7, 11) is 8.30. The Bertz CT molecular complexity index is 7620. The molecule has 0 unspecified atom stereocenters. The van der Waals surface area contributed by atoms with Gasteiger partial charge >= 0.3 is 5.71 Å². The van der Waals surface area contributed by atoms with Gasteiger partial charge in [0.1, 0.15) is 40.9 Å². The Morgan fingerprint density at radius 2 is 0.750 bits per heavy atom. The fourth-order valence-electron chi connectivity index (χ4n) is 18.0. The van der Waals surface area contributed by atoms with E-state index in [9.17, 15) is 0 Å². The van der Waals surface area contributed by atoms with E-state index in [1.165, 1.54) is 119 Å². The smallest absolute Gasteiger partial charge is 0.339 e. The Morgan fingerprint density at radius 3 is 1.27 bits per heavy atom. The molecule has 0 bridgehead atoms. The largest absolute Gasteiger partial charge is 0.419 e. The van der Waals surface area contributed by atoms with E-state index in [0.717, 1.165) is 74.3 Å². The fourth-order valence-corrected chi connectivity index (χ4v) is 19.1. The molecule has 5 aliphatic rings. The van der Waals surface area contributed by atoms with Crippen LogP contribution in [0.15, 0.2) is 248 Å². The topological polar surface area (TPSA) is 136 Å². The summed E-state index contributed by atoms with van der Waals surface area (Å²) >= 11 is 1.87. The molecule has 26 rings (SSSR count). The second kappa shape index (κ2) is 23.3. The SMILES string of the molecule is C[n+]1c2n(c3c4ccccc4n(-c4ccccc4)c31)Cc1ccncc1-2.C[n+]1c2n(c3c4ccccc4oc31)Cc1ccncc1-2.C[n+]1c2n(c3c4ccccc4sc31)Cc1ccncc1-2.[2H]C([2H])([2H])[n+]1c2n(c3c4ccccc4n(C)c31)Cc1ccncc1-2.[2H]C([2H])([2H])n1c2ccccc2c2c1[n+](C([2H])([2H])[2H])c1n2Cc2ccncc2-1. The Morgan fingerprint density at radius 1 is 0.361 bits per heavy atom. The van der Waals surface area contributed by atoms with E-state index >= 15 is 0 Å². The molecule has 0 fully saturated rings. The number of nitrogens with zero attached hydrogens (tertiary/aromatic N) is 18. The van der Waals surface area contributed by atoms with Gasteiger partial charge in [-0.2, -0.15) is 4.57 Å². The minimum Gasteiger partial charge on any atom is -0.419 e. The molecule has 0 N–H and O–H groups in total. The zero-order chi connectivity index (χ0) is 79.6. The zero-order valence-corrected chi connectivity index (χ0v) is 59.8. The van der Waals surface area contributed by atoms with Crippen molar-refractivity contribution in [3.05, 3.63) is 272 Å². The van der Waals surface area contributed by atoms with Crippen LogP contribution in [0.25, 0.3) is 171 Å². The Labute approximate surface area is 634 Å². The van der Waals surface area contributed by atoms with Crippen LogP contribution in [0, 0.1) is 0 Å². The van der Waals surface area contributed by atoms with Crippen molar-refractivity contribution in [2.45, 2.75) is 32.7 Å². The first kappa shape index (κ1) is 53.3. The minimum atomic E-state index is -2.55. The maximum atomic E-state index is 8.12. The van der Waals surface area contributed by atoms with Gasteiger partial charge in [0.2, 0.25) is 27.8 Å². The van der Waals surface area contributed by atoms with Gasteiger partial charge in [0.25, 0.3) is 28.6 Å². The number of para-hydroxylation sites is 5. The molecule has 0 saturated carbocycles. The van der Waals surface area contributed by atoms with Crippen molar-refractivity contribution >= 4 is 120 Å². The number of imidazole rings is 5. The molecule has 0 radical (unpaired) electrons. The van der Waals surface area contributed by atoms with E-state index in [-0.39, 0.29) is 5.65 Å². The van der Waals surface area contributed by atoms with Crippen LogP contribution in [-0.4, -0.2) is 61.5 Å². The maximum Gasteiger partial charge on any atom is 0.339 e. The third kappa shape index (κ3) is 8.59. The number of furan rings is 1. The molecule has 0 amide bonds. The first-order valence-electron chi connectivity index (χ1n) is 40.3. The van der Waals surface area contributed by atoms with Gasteiger partial charge in [0.15, 0.2) is 22.1 Å². The first-order chi connectivity index (χ1) is 56.7. The van der Waals surface area contributed by atoms with Gasteiger partial charge in [0.05, 0.1) is 130 Å². The highest BCUT2D eigenvalue weighted by molar-refractivity contribution is 7.25. The van der Waals surface area contributed by atoms with Crippen LogP contribution in [-0.2, 0) is 81.8 Å². The van der Waals surface area contributed by atoms with Gasteiger partial charge < -0.3 is 4.42 Å². The summed E-state index contributed by atoms with van der Waals surface area (Å²) in [5.41, 5.74) is 24.7. The molecule has 6 aromatic carbocycles. The lowest BCUT2D eigenvalue weighted by atomic mass is 10.2. The molecule has 5 aliphatic heterocycles. The molecule has 520 valence electrons. The average Bonchev–Trinajstić information content (AvgIpc) is 1.52.